The molecule has 0 nitrogen and oxygen atoms in total. The molecular weight excluding hydrogens is 192 g/mol. The molecule has 0 saturated carbocycles. The Hall–Kier alpha value is -1.48. The monoisotopic (exact) mass is 210 g/mol. The molecule has 0 amide bonds. The van der Waals surface area contributed by atoms with Crippen LogP contribution in [0.4, 0.5) is 0 Å². The molecule has 0 heterocycles. The molecular formula is C16H18. The van der Waals surface area contributed by atoms with Crippen LogP contribution in [0.15, 0.2) is 23.8 Å². The second kappa shape index (κ2) is 3.83. The molecule has 0 unspecified atom stereocenters. The second-order valence-electron chi connectivity index (χ2n) is 5.55. The molecule has 0 atom stereocenters. The van der Waals surface area contributed by atoms with E-state index in [1.807, 2.05) is 0 Å². The highest BCUT2D eigenvalue weighted by Crippen LogP contribution is 2.27. The lowest BCUT2D eigenvalue weighted by Gasteiger charge is -2.07. The van der Waals surface area contributed by atoms with Crippen LogP contribution in [0.5, 0.6) is 0 Å². The number of allylic oxidation sites excluding steroid dienone is 1. The van der Waals surface area contributed by atoms with Crippen LogP contribution >= 0.6 is 0 Å². The van der Waals surface area contributed by atoms with Crippen LogP contribution in [0.2, 0.25) is 0 Å². The van der Waals surface area contributed by atoms with Gasteiger partial charge < -0.3 is 0 Å². The maximum absolute atomic E-state index is 3.31. The lowest BCUT2D eigenvalue weighted by molar-refractivity contribution is 0.571. The number of benzene rings is 1. The first-order valence-electron chi connectivity index (χ1n) is 5.78. The molecule has 1 aromatic rings. The van der Waals surface area contributed by atoms with E-state index in [1.165, 1.54) is 22.3 Å². The van der Waals surface area contributed by atoms with Crippen molar-refractivity contribution in [3.05, 3.63) is 40.5 Å². The molecule has 0 fully saturated rings. The lowest BCUT2D eigenvalue weighted by atomic mass is 9.96. The van der Waals surface area contributed by atoms with Gasteiger partial charge in [0.05, 0.1) is 0 Å². The first kappa shape index (κ1) is 11.0. The van der Waals surface area contributed by atoms with Crippen molar-refractivity contribution in [1.29, 1.82) is 0 Å². The summed E-state index contributed by atoms with van der Waals surface area (Å²) in [6.45, 7) is 8.61. The Morgan fingerprint density at radius 1 is 1.19 bits per heavy atom. The molecule has 0 heteroatoms. The minimum atomic E-state index is 0.0695. The van der Waals surface area contributed by atoms with E-state index in [9.17, 15) is 0 Å². The third-order valence-electron chi connectivity index (χ3n) is 2.63. The molecule has 2 rings (SSSR count). The Bertz CT molecular complexity index is 499. The second-order valence-corrected chi connectivity index (χ2v) is 5.55. The van der Waals surface area contributed by atoms with E-state index in [1.54, 1.807) is 0 Å². The normalized spacial score (nSPS) is 13.9. The number of hydrogen-bond acceptors (Lipinski definition) is 0. The van der Waals surface area contributed by atoms with Crippen molar-refractivity contribution in [2.45, 2.75) is 34.1 Å². The van der Waals surface area contributed by atoms with E-state index in [0.717, 1.165) is 6.42 Å². The molecule has 0 bridgehead atoms. The standard InChI is InChI=1S/C16H18/c1-12-10-14-7-5-6-13(15(14)11-12)8-9-16(2,3)4/h5-7,11H,10H2,1-4H3. The van der Waals surface area contributed by atoms with Crippen molar-refractivity contribution in [2.75, 3.05) is 0 Å². The highest BCUT2D eigenvalue weighted by molar-refractivity contribution is 5.69. The molecule has 0 saturated heterocycles. The molecule has 1 aliphatic carbocycles. The lowest BCUT2D eigenvalue weighted by Crippen LogP contribution is -1.99. The van der Waals surface area contributed by atoms with Crippen LogP contribution in [0.3, 0.4) is 0 Å². The average molecular weight is 210 g/mol. The Kier molecular flexibility index (Phi) is 2.64. The van der Waals surface area contributed by atoms with Gasteiger partial charge in [-0.1, -0.05) is 35.6 Å². The van der Waals surface area contributed by atoms with Gasteiger partial charge in [0.1, 0.15) is 0 Å². The van der Waals surface area contributed by atoms with Crippen LogP contribution in [-0.2, 0) is 6.42 Å². The summed E-state index contributed by atoms with van der Waals surface area (Å²) in [5.74, 6) is 6.61. The summed E-state index contributed by atoms with van der Waals surface area (Å²) in [5.41, 5.74) is 5.42. The first-order chi connectivity index (χ1) is 7.46. The third kappa shape index (κ3) is 2.36. The van der Waals surface area contributed by atoms with Crippen molar-refractivity contribution in [3.8, 4) is 11.8 Å². The van der Waals surface area contributed by atoms with Crippen LogP contribution in [-0.4, -0.2) is 0 Å². The maximum Gasteiger partial charge on any atom is 0.0320 e. The summed E-state index contributed by atoms with van der Waals surface area (Å²) in [4.78, 5) is 0. The molecule has 0 radical (unpaired) electrons. The zero-order chi connectivity index (χ0) is 11.8. The smallest absolute Gasteiger partial charge is 0.0320 e. The summed E-state index contributed by atoms with van der Waals surface area (Å²) in [7, 11) is 0. The molecule has 0 spiro atoms. The Morgan fingerprint density at radius 2 is 1.94 bits per heavy atom. The van der Waals surface area contributed by atoms with E-state index in [0.29, 0.717) is 0 Å². The predicted octanol–water partition coefficient (Wildman–Crippen LogP) is 4.04. The summed E-state index contributed by atoms with van der Waals surface area (Å²) < 4.78 is 0. The zero-order valence-corrected chi connectivity index (χ0v) is 10.5. The van der Waals surface area contributed by atoms with E-state index >= 15 is 0 Å². The average Bonchev–Trinajstić information content (AvgIpc) is 2.54. The summed E-state index contributed by atoms with van der Waals surface area (Å²) >= 11 is 0. The van der Waals surface area contributed by atoms with Crippen LogP contribution in [0, 0.1) is 17.3 Å². The first-order valence-corrected chi connectivity index (χ1v) is 5.78. The SMILES string of the molecule is CC1=Cc2c(C#CC(C)(C)C)cccc2C1. The minimum Gasteiger partial charge on any atom is -0.0919 e. The maximum atomic E-state index is 3.31. The number of rotatable bonds is 0. The largest absolute Gasteiger partial charge is 0.0919 e. The van der Waals surface area contributed by atoms with E-state index in [4.69, 9.17) is 0 Å². The topological polar surface area (TPSA) is 0 Å². The van der Waals surface area contributed by atoms with Gasteiger partial charge in [0.2, 0.25) is 0 Å². The summed E-state index contributed by atoms with van der Waals surface area (Å²) in [6, 6.07) is 6.43. The van der Waals surface area contributed by atoms with Crippen LogP contribution in [0.1, 0.15) is 44.4 Å². The molecule has 16 heavy (non-hydrogen) atoms. The predicted molar refractivity (Wildman–Crippen MR) is 70.1 cm³/mol. The van der Waals surface area contributed by atoms with Crippen molar-refractivity contribution < 1.29 is 0 Å². The fourth-order valence-corrected chi connectivity index (χ4v) is 1.90. The fourth-order valence-electron chi connectivity index (χ4n) is 1.90. The van der Waals surface area contributed by atoms with Gasteiger partial charge in [0.25, 0.3) is 0 Å². The Balaban J connectivity index is 2.43. The van der Waals surface area contributed by atoms with Crippen molar-refractivity contribution in [3.63, 3.8) is 0 Å². The molecule has 0 aliphatic heterocycles. The quantitative estimate of drug-likeness (QED) is 0.567. The zero-order valence-electron chi connectivity index (χ0n) is 10.5. The van der Waals surface area contributed by atoms with E-state index in [2.05, 4.69) is 63.8 Å². The van der Waals surface area contributed by atoms with Crippen molar-refractivity contribution in [1.82, 2.24) is 0 Å². The minimum absolute atomic E-state index is 0.0695. The van der Waals surface area contributed by atoms with Gasteiger partial charge in [-0.05, 0) is 51.3 Å². The molecule has 0 N–H and O–H groups in total. The van der Waals surface area contributed by atoms with E-state index < -0.39 is 0 Å². The van der Waals surface area contributed by atoms with Gasteiger partial charge in [-0.2, -0.15) is 0 Å². The van der Waals surface area contributed by atoms with Gasteiger partial charge >= 0.3 is 0 Å². The highest BCUT2D eigenvalue weighted by Gasteiger charge is 2.12. The van der Waals surface area contributed by atoms with Crippen LogP contribution < -0.4 is 0 Å². The summed E-state index contributed by atoms with van der Waals surface area (Å²) in [6.07, 6.45) is 3.35. The molecule has 0 aromatic heterocycles. The van der Waals surface area contributed by atoms with Crippen LogP contribution in [0.25, 0.3) is 6.08 Å². The van der Waals surface area contributed by atoms with Gasteiger partial charge in [-0.25, -0.2) is 0 Å². The van der Waals surface area contributed by atoms with Crippen molar-refractivity contribution in [2.24, 2.45) is 5.41 Å². The molecule has 82 valence electrons. The van der Waals surface area contributed by atoms with Gasteiger partial charge in [0, 0.05) is 11.0 Å². The van der Waals surface area contributed by atoms with Gasteiger partial charge in [-0.15, -0.1) is 0 Å². The van der Waals surface area contributed by atoms with Crippen molar-refractivity contribution >= 4 is 6.08 Å². The van der Waals surface area contributed by atoms with Gasteiger partial charge in [0.15, 0.2) is 0 Å². The Labute approximate surface area is 98.4 Å². The number of fused-ring (bicyclic) bond motifs is 1. The highest BCUT2D eigenvalue weighted by atomic mass is 14.2. The number of hydrogen-bond donors (Lipinski definition) is 0. The van der Waals surface area contributed by atoms with E-state index in [-0.39, 0.29) is 5.41 Å². The molecule has 1 aliphatic rings. The fraction of sp³-hybridized carbons (Fsp3) is 0.375. The summed E-state index contributed by atoms with van der Waals surface area (Å²) in [5, 5.41) is 0. The van der Waals surface area contributed by atoms with Gasteiger partial charge in [-0.3, -0.25) is 0 Å². The molecule has 1 aromatic carbocycles. The third-order valence-corrected chi connectivity index (χ3v) is 2.63. The Morgan fingerprint density at radius 3 is 2.62 bits per heavy atom.